The van der Waals surface area contributed by atoms with Gasteiger partial charge in [0, 0.05) is 13.7 Å². The van der Waals surface area contributed by atoms with Gasteiger partial charge in [-0.1, -0.05) is 6.92 Å². The van der Waals surface area contributed by atoms with Crippen molar-refractivity contribution in [3.63, 3.8) is 0 Å². The lowest BCUT2D eigenvalue weighted by Crippen LogP contribution is -2.03. The fourth-order valence-electron chi connectivity index (χ4n) is 1.47. The Morgan fingerprint density at radius 3 is 2.71 bits per heavy atom. The lowest BCUT2D eigenvalue weighted by Gasteiger charge is -2.10. The van der Waals surface area contributed by atoms with E-state index in [-0.39, 0.29) is 17.6 Å². The zero-order valence-corrected chi connectivity index (χ0v) is 11.0. The Morgan fingerprint density at radius 2 is 2.24 bits per heavy atom. The van der Waals surface area contributed by atoms with Crippen LogP contribution < -0.4 is 0 Å². The number of nitrogens with zero attached hydrogens (tertiary/aromatic N) is 1. The molecule has 0 fully saturated rings. The average molecular weight is 259 g/mol. The molecule has 0 radical (unpaired) electrons. The van der Waals surface area contributed by atoms with E-state index in [1.807, 2.05) is 13.8 Å². The van der Waals surface area contributed by atoms with E-state index >= 15 is 0 Å². The van der Waals surface area contributed by atoms with Crippen molar-refractivity contribution in [2.75, 3.05) is 13.7 Å². The molecule has 0 bridgehead atoms. The maximum atomic E-state index is 11.1. The van der Waals surface area contributed by atoms with Crippen LogP contribution in [0.1, 0.15) is 46.7 Å². The third-order valence-electron chi connectivity index (χ3n) is 2.20. The van der Waals surface area contributed by atoms with Gasteiger partial charge in [-0.25, -0.2) is 9.78 Å². The van der Waals surface area contributed by atoms with Crippen LogP contribution in [0.25, 0.3) is 0 Å². The van der Waals surface area contributed by atoms with Gasteiger partial charge in [0.25, 0.3) is 0 Å². The third-order valence-corrected chi connectivity index (χ3v) is 3.38. The summed E-state index contributed by atoms with van der Waals surface area (Å²) in [7, 11) is 1.52. The second-order valence-corrected chi connectivity index (χ2v) is 4.45. The summed E-state index contributed by atoms with van der Waals surface area (Å²) in [6.45, 7) is 4.68. The number of carbonyl (C=O) groups is 1. The van der Waals surface area contributed by atoms with E-state index in [1.54, 1.807) is 0 Å². The van der Waals surface area contributed by atoms with Crippen molar-refractivity contribution in [2.45, 2.75) is 33.0 Å². The smallest absolute Gasteiger partial charge is 0.347 e. The lowest BCUT2D eigenvalue weighted by atomic mass is 10.3. The SMILES string of the molecule is CCOC(CC)c1nc(COC)c(C(=O)O)s1. The number of rotatable bonds is 7. The number of hydrogen-bond donors (Lipinski definition) is 1. The molecule has 1 unspecified atom stereocenters. The zero-order chi connectivity index (χ0) is 12.8. The Bertz CT molecular complexity index is 378. The number of aromatic carboxylic acids is 1. The first kappa shape index (κ1) is 14.1. The predicted molar refractivity (Wildman–Crippen MR) is 64.4 cm³/mol. The molecule has 6 heteroatoms. The summed E-state index contributed by atoms with van der Waals surface area (Å²) in [5.41, 5.74) is 0.471. The second-order valence-electron chi connectivity index (χ2n) is 3.42. The summed E-state index contributed by atoms with van der Waals surface area (Å²) in [5, 5.41) is 9.77. The number of carboxylic acid groups (broad SMARTS) is 1. The van der Waals surface area contributed by atoms with E-state index in [0.29, 0.717) is 17.3 Å². The van der Waals surface area contributed by atoms with Crippen LogP contribution >= 0.6 is 11.3 Å². The molecule has 1 rings (SSSR count). The Morgan fingerprint density at radius 1 is 1.53 bits per heavy atom. The van der Waals surface area contributed by atoms with Crippen molar-refractivity contribution in [3.8, 4) is 0 Å². The van der Waals surface area contributed by atoms with E-state index in [4.69, 9.17) is 14.6 Å². The van der Waals surface area contributed by atoms with E-state index in [0.717, 1.165) is 17.8 Å². The van der Waals surface area contributed by atoms with Crippen molar-refractivity contribution >= 4 is 17.3 Å². The van der Waals surface area contributed by atoms with Crippen LogP contribution in [-0.4, -0.2) is 29.8 Å². The topological polar surface area (TPSA) is 68.7 Å². The minimum atomic E-state index is -0.966. The number of thiazole rings is 1. The minimum absolute atomic E-state index is 0.131. The van der Waals surface area contributed by atoms with Crippen LogP contribution in [-0.2, 0) is 16.1 Å². The van der Waals surface area contributed by atoms with Gasteiger partial charge in [0.2, 0.25) is 0 Å². The number of carboxylic acids is 1. The van der Waals surface area contributed by atoms with Gasteiger partial charge >= 0.3 is 5.97 Å². The summed E-state index contributed by atoms with van der Waals surface area (Å²) in [4.78, 5) is 15.6. The van der Waals surface area contributed by atoms with Crippen LogP contribution in [0.5, 0.6) is 0 Å². The Labute approximate surface area is 104 Å². The zero-order valence-electron chi connectivity index (χ0n) is 10.2. The lowest BCUT2D eigenvalue weighted by molar-refractivity contribution is 0.0593. The molecule has 1 aromatic rings. The summed E-state index contributed by atoms with van der Waals surface area (Å²) in [6.07, 6.45) is 0.640. The number of hydrogen-bond acceptors (Lipinski definition) is 5. The maximum Gasteiger partial charge on any atom is 0.347 e. The summed E-state index contributed by atoms with van der Waals surface area (Å²) < 4.78 is 10.5. The first-order valence-corrected chi connectivity index (χ1v) is 6.29. The van der Waals surface area contributed by atoms with Gasteiger partial charge in [-0.2, -0.15) is 0 Å². The molecule has 1 N–H and O–H groups in total. The van der Waals surface area contributed by atoms with Crippen LogP contribution in [0.3, 0.4) is 0 Å². The molecule has 0 aliphatic carbocycles. The van der Waals surface area contributed by atoms with E-state index in [1.165, 1.54) is 7.11 Å². The first-order chi connectivity index (χ1) is 8.13. The Kier molecular flexibility index (Phi) is 5.54. The molecule has 0 aromatic carbocycles. The quantitative estimate of drug-likeness (QED) is 0.814. The van der Waals surface area contributed by atoms with Gasteiger partial charge in [0.15, 0.2) is 0 Å². The monoisotopic (exact) mass is 259 g/mol. The van der Waals surface area contributed by atoms with E-state index < -0.39 is 5.97 Å². The van der Waals surface area contributed by atoms with Crippen LogP contribution in [0.2, 0.25) is 0 Å². The van der Waals surface area contributed by atoms with Crippen molar-refractivity contribution in [3.05, 3.63) is 15.6 Å². The number of aromatic nitrogens is 1. The molecule has 0 aliphatic rings. The minimum Gasteiger partial charge on any atom is -0.477 e. The normalized spacial score (nSPS) is 12.6. The van der Waals surface area contributed by atoms with Gasteiger partial charge in [-0.15, -0.1) is 11.3 Å². The van der Waals surface area contributed by atoms with E-state index in [9.17, 15) is 4.79 Å². The van der Waals surface area contributed by atoms with Gasteiger partial charge in [0.05, 0.1) is 12.3 Å². The number of ether oxygens (including phenoxy) is 2. The highest BCUT2D eigenvalue weighted by molar-refractivity contribution is 7.13. The Hall–Kier alpha value is -0.980. The molecule has 0 aliphatic heterocycles. The molecular formula is C11H17NO4S. The van der Waals surface area contributed by atoms with E-state index in [2.05, 4.69) is 4.98 Å². The van der Waals surface area contributed by atoms with Crippen LogP contribution in [0.4, 0.5) is 0 Å². The highest BCUT2D eigenvalue weighted by atomic mass is 32.1. The van der Waals surface area contributed by atoms with Crippen molar-refractivity contribution in [1.29, 1.82) is 0 Å². The molecule has 0 spiro atoms. The molecule has 1 heterocycles. The molecule has 1 aromatic heterocycles. The van der Waals surface area contributed by atoms with Gasteiger partial charge < -0.3 is 14.6 Å². The third kappa shape index (κ3) is 3.49. The molecular weight excluding hydrogens is 242 g/mol. The van der Waals surface area contributed by atoms with Crippen LogP contribution in [0.15, 0.2) is 0 Å². The summed E-state index contributed by atoms with van der Waals surface area (Å²) in [6, 6.07) is 0. The number of methoxy groups -OCH3 is 1. The van der Waals surface area contributed by atoms with Gasteiger partial charge in [-0.05, 0) is 13.3 Å². The molecule has 17 heavy (non-hydrogen) atoms. The van der Waals surface area contributed by atoms with Crippen molar-refractivity contribution < 1.29 is 19.4 Å². The predicted octanol–water partition coefficient (Wildman–Crippen LogP) is 2.48. The fourth-order valence-corrected chi connectivity index (χ4v) is 2.52. The van der Waals surface area contributed by atoms with Gasteiger partial charge in [0.1, 0.15) is 16.0 Å². The second kappa shape index (κ2) is 6.68. The molecule has 0 saturated heterocycles. The molecule has 0 saturated carbocycles. The van der Waals surface area contributed by atoms with Crippen molar-refractivity contribution in [2.24, 2.45) is 0 Å². The van der Waals surface area contributed by atoms with Crippen LogP contribution in [0, 0.1) is 0 Å². The summed E-state index contributed by atoms with van der Waals surface area (Å²) >= 11 is 1.16. The fraction of sp³-hybridized carbons (Fsp3) is 0.636. The molecule has 1 atom stereocenters. The summed E-state index contributed by atoms with van der Waals surface area (Å²) in [5.74, 6) is -0.966. The molecule has 96 valence electrons. The van der Waals surface area contributed by atoms with Crippen molar-refractivity contribution in [1.82, 2.24) is 4.98 Å². The largest absolute Gasteiger partial charge is 0.477 e. The highest BCUT2D eigenvalue weighted by Gasteiger charge is 2.21. The maximum absolute atomic E-state index is 11.1. The average Bonchev–Trinajstić information content (AvgIpc) is 2.70. The Balaban J connectivity index is 3.00. The molecule has 0 amide bonds. The standard InChI is InChI=1S/C11H17NO4S/c1-4-8(16-5-2)10-12-7(6-15-3)9(17-10)11(13)14/h8H,4-6H2,1-3H3,(H,13,14). The van der Waals surface area contributed by atoms with Gasteiger partial charge in [-0.3, -0.25) is 0 Å². The molecule has 5 nitrogen and oxygen atoms in total. The highest BCUT2D eigenvalue weighted by Crippen LogP contribution is 2.28. The first-order valence-electron chi connectivity index (χ1n) is 5.47.